The Bertz CT molecular complexity index is 142. The molecule has 0 saturated carbocycles. The molecular weight excluding hydrogens is 216 g/mol. The van der Waals surface area contributed by atoms with Gasteiger partial charge >= 0.3 is 0 Å². The number of nitrogens with one attached hydrogen (secondary N) is 1. The van der Waals surface area contributed by atoms with Gasteiger partial charge in [-0.15, -0.1) is 0 Å². The van der Waals surface area contributed by atoms with Crippen LogP contribution in [0.5, 0.6) is 0 Å². The van der Waals surface area contributed by atoms with Crippen molar-refractivity contribution in [3.8, 4) is 0 Å². The molecule has 0 aromatic rings. The third-order valence-electron chi connectivity index (χ3n) is 2.83. The van der Waals surface area contributed by atoms with Crippen LogP contribution in [-0.4, -0.2) is 64.6 Å². The van der Waals surface area contributed by atoms with E-state index >= 15 is 0 Å². The average Bonchev–Trinajstić information content (AvgIpc) is 2.33. The van der Waals surface area contributed by atoms with Gasteiger partial charge in [0.05, 0.1) is 13.2 Å². The highest BCUT2D eigenvalue weighted by Gasteiger charge is 2.12. The fourth-order valence-electron chi connectivity index (χ4n) is 1.94. The van der Waals surface area contributed by atoms with Crippen molar-refractivity contribution in [2.45, 2.75) is 32.7 Å². The summed E-state index contributed by atoms with van der Waals surface area (Å²) in [7, 11) is 3.50. The molecule has 104 valence electrons. The minimum absolute atomic E-state index is 0.582. The lowest BCUT2D eigenvalue weighted by molar-refractivity contribution is 0.107. The largest absolute Gasteiger partial charge is 0.383 e. The molecule has 0 heterocycles. The lowest BCUT2D eigenvalue weighted by Crippen LogP contribution is -2.43. The van der Waals surface area contributed by atoms with Crippen molar-refractivity contribution in [3.63, 3.8) is 0 Å². The highest BCUT2D eigenvalue weighted by Crippen LogP contribution is 2.01. The number of rotatable bonds is 12. The summed E-state index contributed by atoms with van der Waals surface area (Å²) in [6.45, 7) is 10.0. The van der Waals surface area contributed by atoms with Gasteiger partial charge in [0.15, 0.2) is 0 Å². The number of likely N-dealkylation sites (N-methyl/N-ethyl adjacent to an activating group) is 1. The van der Waals surface area contributed by atoms with Crippen molar-refractivity contribution in [3.05, 3.63) is 0 Å². The lowest BCUT2D eigenvalue weighted by Gasteiger charge is -2.27. The monoisotopic (exact) mass is 246 g/mol. The first-order valence-corrected chi connectivity index (χ1v) is 6.72. The van der Waals surface area contributed by atoms with Crippen LogP contribution in [0.4, 0.5) is 0 Å². The van der Waals surface area contributed by atoms with Crippen LogP contribution in [0.1, 0.15) is 26.7 Å². The van der Waals surface area contributed by atoms with Gasteiger partial charge in [0.1, 0.15) is 0 Å². The Labute approximate surface area is 107 Å². The third kappa shape index (κ3) is 9.53. The SMILES string of the molecule is CCCC(CN(CCOC)CCOC)NCC. The van der Waals surface area contributed by atoms with Crippen molar-refractivity contribution < 1.29 is 9.47 Å². The van der Waals surface area contributed by atoms with Crippen LogP contribution >= 0.6 is 0 Å². The molecule has 0 aliphatic heterocycles. The van der Waals surface area contributed by atoms with Gasteiger partial charge in [-0.3, -0.25) is 4.90 Å². The van der Waals surface area contributed by atoms with Crippen LogP contribution in [-0.2, 0) is 9.47 Å². The zero-order valence-electron chi connectivity index (χ0n) is 12.0. The van der Waals surface area contributed by atoms with Crippen LogP contribution in [0, 0.1) is 0 Å². The fourth-order valence-corrected chi connectivity index (χ4v) is 1.94. The smallest absolute Gasteiger partial charge is 0.0589 e. The molecule has 4 nitrogen and oxygen atoms in total. The number of methoxy groups -OCH3 is 2. The highest BCUT2D eigenvalue weighted by molar-refractivity contribution is 4.71. The van der Waals surface area contributed by atoms with E-state index in [-0.39, 0.29) is 0 Å². The van der Waals surface area contributed by atoms with Gasteiger partial charge < -0.3 is 14.8 Å². The average molecular weight is 246 g/mol. The van der Waals surface area contributed by atoms with Crippen LogP contribution in [0.25, 0.3) is 0 Å². The standard InChI is InChI=1S/C13H30N2O2/c1-5-7-13(14-6-2)12-15(8-10-16-3)9-11-17-4/h13-14H,5-12H2,1-4H3. The van der Waals surface area contributed by atoms with Gasteiger partial charge in [-0.25, -0.2) is 0 Å². The summed E-state index contributed by atoms with van der Waals surface area (Å²) in [6, 6.07) is 0.582. The van der Waals surface area contributed by atoms with E-state index in [0.717, 1.165) is 39.4 Å². The van der Waals surface area contributed by atoms with Gasteiger partial charge in [-0.05, 0) is 13.0 Å². The first-order valence-electron chi connectivity index (χ1n) is 6.72. The van der Waals surface area contributed by atoms with Crippen molar-refractivity contribution >= 4 is 0 Å². The summed E-state index contributed by atoms with van der Waals surface area (Å²) in [4.78, 5) is 2.41. The van der Waals surface area contributed by atoms with Crippen LogP contribution in [0.3, 0.4) is 0 Å². The molecule has 0 amide bonds. The first-order chi connectivity index (χ1) is 8.28. The molecule has 0 fully saturated rings. The van der Waals surface area contributed by atoms with Crippen molar-refractivity contribution in [2.24, 2.45) is 0 Å². The van der Waals surface area contributed by atoms with Gasteiger partial charge in [-0.1, -0.05) is 20.3 Å². The Morgan fingerprint density at radius 2 is 1.65 bits per heavy atom. The summed E-state index contributed by atoms with van der Waals surface area (Å²) in [5.41, 5.74) is 0. The minimum atomic E-state index is 0.582. The Morgan fingerprint density at radius 1 is 1.06 bits per heavy atom. The molecule has 0 rings (SSSR count). The predicted octanol–water partition coefficient (Wildman–Crippen LogP) is 1.36. The molecule has 0 aliphatic carbocycles. The van der Waals surface area contributed by atoms with Crippen LogP contribution in [0.2, 0.25) is 0 Å². The number of nitrogens with zero attached hydrogens (tertiary/aromatic N) is 1. The zero-order valence-corrected chi connectivity index (χ0v) is 12.0. The van der Waals surface area contributed by atoms with Gasteiger partial charge in [0.25, 0.3) is 0 Å². The zero-order chi connectivity index (χ0) is 12.9. The second kappa shape index (κ2) is 12.3. The van der Waals surface area contributed by atoms with Crippen molar-refractivity contribution in [1.29, 1.82) is 0 Å². The molecular formula is C13H30N2O2. The summed E-state index contributed by atoms with van der Waals surface area (Å²) < 4.78 is 10.3. The summed E-state index contributed by atoms with van der Waals surface area (Å²) in [5, 5.41) is 3.54. The van der Waals surface area contributed by atoms with Gasteiger partial charge in [-0.2, -0.15) is 0 Å². The maximum atomic E-state index is 5.15. The number of ether oxygens (including phenoxy) is 2. The van der Waals surface area contributed by atoms with Crippen LogP contribution in [0.15, 0.2) is 0 Å². The topological polar surface area (TPSA) is 33.7 Å². The molecule has 0 bridgehead atoms. The predicted molar refractivity (Wildman–Crippen MR) is 72.6 cm³/mol. The molecule has 1 N–H and O–H groups in total. The number of hydrogen-bond acceptors (Lipinski definition) is 4. The Balaban J connectivity index is 4.04. The van der Waals surface area contributed by atoms with Gasteiger partial charge in [0, 0.05) is 39.9 Å². The van der Waals surface area contributed by atoms with Crippen molar-refractivity contribution in [2.75, 3.05) is 53.6 Å². The Morgan fingerprint density at radius 3 is 2.06 bits per heavy atom. The lowest BCUT2D eigenvalue weighted by atomic mass is 10.1. The molecule has 0 spiro atoms. The first kappa shape index (κ1) is 16.8. The van der Waals surface area contributed by atoms with Crippen LogP contribution < -0.4 is 5.32 Å². The highest BCUT2D eigenvalue weighted by atomic mass is 16.5. The molecule has 1 unspecified atom stereocenters. The fraction of sp³-hybridized carbons (Fsp3) is 1.00. The third-order valence-corrected chi connectivity index (χ3v) is 2.83. The molecule has 1 atom stereocenters. The normalized spacial score (nSPS) is 13.2. The second-order valence-corrected chi connectivity index (χ2v) is 4.33. The maximum absolute atomic E-state index is 5.15. The van der Waals surface area contributed by atoms with E-state index in [2.05, 4.69) is 24.1 Å². The molecule has 0 aliphatic rings. The quantitative estimate of drug-likeness (QED) is 0.564. The van der Waals surface area contributed by atoms with E-state index in [1.165, 1.54) is 12.8 Å². The van der Waals surface area contributed by atoms with Gasteiger partial charge in [0.2, 0.25) is 0 Å². The van der Waals surface area contributed by atoms with E-state index in [1.54, 1.807) is 14.2 Å². The Kier molecular flexibility index (Phi) is 12.2. The molecule has 0 aromatic heterocycles. The summed E-state index contributed by atoms with van der Waals surface area (Å²) in [5.74, 6) is 0. The van der Waals surface area contributed by atoms with E-state index in [9.17, 15) is 0 Å². The molecule has 0 radical (unpaired) electrons. The van der Waals surface area contributed by atoms with E-state index in [0.29, 0.717) is 6.04 Å². The molecule has 4 heteroatoms. The Hall–Kier alpha value is -0.160. The minimum Gasteiger partial charge on any atom is -0.383 e. The second-order valence-electron chi connectivity index (χ2n) is 4.33. The number of hydrogen-bond donors (Lipinski definition) is 1. The maximum Gasteiger partial charge on any atom is 0.0589 e. The summed E-state index contributed by atoms with van der Waals surface area (Å²) in [6.07, 6.45) is 2.45. The van der Waals surface area contributed by atoms with E-state index in [4.69, 9.17) is 9.47 Å². The molecule has 0 aromatic carbocycles. The van der Waals surface area contributed by atoms with E-state index < -0.39 is 0 Å². The van der Waals surface area contributed by atoms with E-state index in [1.807, 2.05) is 0 Å². The molecule has 17 heavy (non-hydrogen) atoms. The molecule has 0 saturated heterocycles. The summed E-state index contributed by atoms with van der Waals surface area (Å²) >= 11 is 0. The van der Waals surface area contributed by atoms with Crippen molar-refractivity contribution in [1.82, 2.24) is 10.2 Å².